The van der Waals surface area contributed by atoms with Gasteiger partial charge in [0.2, 0.25) is 5.95 Å². The molecule has 0 bridgehead atoms. The number of nitrogens with zero attached hydrogens (tertiary/aromatic N) is 2. The van der Waals surface area contributed by atoms with Crippen LogP contribution in [0.1, 0.15) is 25.7 Å². The fourth-order valence-corrected chi connectivity index (χ4v) is 4.07. The summed E-state index contributed by atoms with van der Waals surface area (Å²) in [4.78, 5) is 27.7. The van der Waals surface area contributed by atoms with Crippen molar-refractivity contribution in [1.29, 1.82) is 0 Å². The molecule has 1 aliphatic carbocycles. The number of pyridine rings is 1. The Morgan fingerprint density at radius 3 is 2.79 bits per heavy atom. The summed E-state index contributed by atoms with van der Waals surface area (Å²) in [7, 11) is 0. The third-order valence-corrected chi connectivity index (χ3v) is 5.60. The summed E-state index contributed by atoms with van der Waals surface area (Å²) in [5.41, 5.74) is 8.51. The van der Waals surface area contributed by atoms with Gasteiger partial charge in [0.15, 0.2) is 0 Å². The molecule has 5 rings (SSSR count). The molecule has 29 heavy (non-hydrogen) atoms. The fraction of sp³-hybridized carbons (Fsp3) is 0.286. The maximum absolute atomic E-state index is 12.5. The van der Waals surface area contributed by atoms with E-state index in [1.165, 1.54) is 0 Å². The van der Waals surface area contributed by atoms with Crippen molar-refractivity contribution in [2.45, 2.75) is 37.8 Å². The van der Waals surface area contributed by atoms with E-state index in [1.807, 2.05) is 30.5 Å². The second-order valence-electron chi connectivity index (χ2n) is 7.53. The molecule has 3 aromatic heterocycles. The van der Waals surface area contributed by atoms with Gasteiger partial charge >= 0.3 is 0 Å². The summed E-state index contributed by atoms with van der Waals surface area (Å²) >= 11 is 0. The smallest absolute Gasteiger partial charge is 0.261 e. The summed E-state index contributed by atoms with van der Waals surface area (Å²) in [5.74, 6) is 0.951. The standard InChI is InChI=1S/C21H23N7O/c22-13-4-1-2-5-16(13)26-21-27-17-9-11-24-20(29)18(17)19(28-21)25-15-7-3-6-14-12(15)8-10-23-14/h3,6-11,13,16,23H,1-2,4-5,22H2,(H,24,29)(H2,25,26,27,28)/t13-,16?/m0/s1. The Balaban J connectivity index is 1.59. The summed E-state index contributed by atoms with van der Waals surface area (Å²) in [6.07, 6.45) is 7.76. The van der Waals surface area contributed by atoms with Crippen molar-refractivity contribution < 1.29 is 0 Å². The molecule has 2 atom stereocenters. The average Bonchev–Trinajstić information content (AvgIpc) is 3.20. The van der Waals surface area contributed by atoms with Crippen LogP contribution in [0.4, 0.5) is 17.5 Å². The first-order chi connectivity index (χ1) is 14.2. The molecular formula is C21H23N7O. The summed E-state index contributed by atoms with van der Waals surface area (Å²) < 4.78 is 0. The molecule has 1 fully saturated rings. The van der Waals surface area contributed by atoms with E-state index in [-0.39, 0.29) is 17.6 Å². The Hall–Kier alpha value is -3.39. The maximum atomic E-state index is 12.5. The van der Waals surface area contributed by atoms with Crippen molar-refractivity contribution in [2.75, 3.05) is 10.6 Å². The molecule has 0 spiro atoms. The number of hydrogen-bond donors (Lipinski definition) is 5. The van der Waals surface area contributed by atoms with Crippen LogP contribution in [-0.2, 0) is 0 Å². The summed E-state index contributed by atoms with van der Waals surface area (Å²) in [5, 5.41) is 8.19. The van der Waals surface area contributed by atoms with E-state index in [4.69, 9.17) is 5.73 Å². The lowest BCUT2D eigenvalue weighted by Gasteiger charge is -2.29. The predicted molar refractivity (Wildman–Crippen MR) is 116 cm³/mol. The predicted octanol–water partition coefficient (Wildman–Crippen LogP) is 3.22. The number of H-pyrrole nitrogens is 2. The van der Waals surface area contributed by atoms with Crippen LogP contribution >= 0.6 is 0 Å². The molecule has 1 aromatic carbocycles. The highest BCUT2D eigenvalue weighted by atomic mass is 16.1. The van der Waals surface area contributed by atoms with E-state index in [0.717, 1.165) is 42.3 Å². The van der Waals surface area contributed by atoms with Crippen LogP contribution in [-0.4, -0.2) is 32.0 Å². The highest BCUT2D eigenvalue weighted by Crippen LogP contribution is 2.28. The molecule has 3 heterocycles. The molecular weight excluding hydrogens is 366 g/mol. The van der Waals surface area contributed by atoms with Crippen LogP contribution in [0.5, 0.6) is 0 Å². The number of aromatic amines is 2. The van der Waals surface area contributed by atoms with Crippen molar-refractivity contribution in [3.05, 3.63) is 53.1 Å². The Morgan fingerprint density at radius 1 is 1.03 bits per heavy atom. The van der Waals surface area contributed by atoms with Gasteiger partial charge < -0.3 is 26.3 Å². The Labute approximate surface area is 167 Å². The van der Waals surface area contributed by atoms with E-state index < -0.39 is 0 Å². The van der Waals surface area contributed by atoms with Gasteiger partial charge in [0.1, 0.15) is 11.2 Å². The van der Waals surface area contributed by atoms with Gasteiger partial charge in [-0.05, 0) is 37.1 Å². The molecule has 1 aliphatic rings. The Kier molecular flexibility index (Phi) is 4.40. The molecule has 1 saturated carbocycles. The minimum Gasteiger partial charge on any atom is -0.361 e. The first-order valence-corrected chi connectivity index (χ1v) is 9.94. The number of anilines is 3. The highest BCUT2D eigenvalue weighted by molar-refractivity contribution is 5.97. The zero-order chi connectivity index (χ0) is 19.8. The van der Waals surface area contributed by atoms with Crippen LogP contribution in [0.15, 0.2) is 47.5 Å². The number of hydrogen-bond acceptors (Lipinski definition) is 6. The summed E-state index contributed by atoms with van der Waals surface area (Å²) in [6, 6.07) is 9.90. The minimum atomic E-state index is -0.229. The Morgan fingerprint density at radius 2 is 1.90 bits per heavy atom. The molecule has 6 N–H and O–H groups in total. The number of benzene rings is 1. The first-order valence-electron chi connectivity index (χ1n) is 9.94. The Bertz CT molecular complexity index is 1230. The SMILES string of the molecule is N[C@H]1CCCCC1Nc1nc(Nc2cccc3[nH]ccc23)c2c(=O)[nH]ccc2n1. The van der Waals surface area contributed by atoms with Gasteiger partial charge in [0.05, 0.1) is 5.52 Å². The van der Waals surface area contributed by atoms with Gasteiger partial charge in [-0.15, -0.1) is 0 Å². The topological polar surface area (TPSA) is 125 Å². The van der Waals surface area contributed by atoms with Gasteiger partial charge in [0, 0.05) is 41.1 Å². The zero-order valence-electron chi connectivity index (χ0n) is 15.9. The van der Waals surface area contributed by atoms with Crippen molar-refractivity contribution in [3.63, 3.8) is 0 Å². The zero-order valence-corrected chi connectivity index (χ0v) is 15.9. The average molecular weight is 389 g/mol. The lowest BCUT2D eigenvalue weighted by Crippen LogP contribution is -2.43. The van der Waals surface area contributed by atoms with Crippen molar-refractivity contribution in [3.8, 4) is 0 Å². The third kappa shape index (κ3) is 3.31. The van der Waals surface area contributed by atoms with Crippen molar-refractivity contribution in [1.82, 2.24) is 19.9 Å². The molecule has 148 valence electrons. The maximum Gasteiger partial charge on any atom is 0.261 e. The monoisotopic (exact) mass is 389 g/mol. The summed E-state index contributed by atoms with van der Waals surface area (Å²) in [6.45, 7) is 0. The van der Waals surface area contributed by atoms with Crippen LogP contribution < -0.4 is 21.9 Å². The number of nitrogens with two attached hydrogens (primary N) is 1. The highest BCUT2D eigenvalue weighted by Gasteiger charge is 2.23. The van der Waals surface area contributed by atoms with Crippen molar-refractivity contribution >= 4 is 39.3 Å². The fourth-order valence-electron chi connectivity index (χ4n) is 4.07. The van der Waals surface area contributed by atoms with Gasteiger partial charge in [-0.1, -0.05) is 18.9 Å². The van der Waals surface area contributed by atoms with E-state index >= 15 is 0 Å². The largest absolute Gasteiger partial charge is 0.361 e. The molecule has 8 nitrogen and oxygen atoms in total. The van der Waals surface area contributed by atoms with Crippen LogP contribution in [0.3, 0.4) is 0 Å². The van der Waals surface area contributed by atoms with Crippen LogP contribution in [0.25, 0.3) is 21.8 Å². The van der Waals surface area contributed by atoms with E-state index in [1.54, 1.807) is 12.3 Å². The number of rotatable bonds is 4. The van der Waals surface area contributed by atoms with Crippen molar-refractivity contribution in [2.24, 2.45) is 5.73 Å². The first kappa shape index (κ1) is 17.7. The van der Waals surface area contributed by atoms with Crippen LogP contribution in [0.2, 0.25) is 0 Å². The van der Waals surface area contributed by atoms with Gasteiger partial charge in [0.25, 0.3) is 5.56 Å². The second-order valence-corrected chi connectivity index (χ2v) is 7.53. The van der Waals surface area contributed by atoms with Gasteiger partial charge in [-0.25, -0.2) is 4.98 Å². The normalized spacial score (nSPS) is 19.5. The second kappa shape index (κ2) is 7.21. The van der Waals surface area contributed by atoms with E-state index in [9.17, 15) is 4.79 Å². The lowest BCUT2D eigenvalue weighted by molar-refractivity contribution is 0.402. The van der Waals surface area contributed by atoms with E-state index in [0.29, 0.717) is 22.7 Å². The molecule has 1 unspecified atom stereocenters. The quantitative estimate of drug-likeness (QED) is 0.365. The molecule has 0 aliphatic heterocycles. The number of aromatic nitrogens is 4. The van der Waals surface area contributed by atoms with E-state index in [2.05, 4.69) is 30.6 Å². The molecule has 0 amide bonds. The molecule has 0 saturated heterocycles. The van der Waals surface area contributed by atoms with Crippen LogP contribution in [0, 0.1) is 0 Å². The van der Waals surface area contributed by atoms with Gasteiger partial charge in [-0.3, -0.25) is 4.79 Å². The molecule has 0 radical (unpaired) electrons. The molecule has 4 aromatic rings. The molecule has 8 heteroatoms. The lowest BCUT2D eigenvalue weighted by atomic mass is 9.91. The number of nitrogens with one attached hydrogen (secondary N) is 4. The van der Waals surface area contributed by atoms with Gasteiger partial charge in [-0.2, -0.15) is 4.98 Å². The minimum absolute atomic E-state index is 0.0761. The number of fused-ring (bicyclic) bond motifs is 2. The third-order valence-electron chi connectivity index (χ3n) is 5.60.